The maximum Gasteiger partial charge on any atom is 0.279 e. The van der Waals surface area contributed by atoms with E-state index < -0.39 is 20.7 Å². The van der Waals surface area contributed by atoms with Crippen molar-refractivity contribution in [2.45, 2.75) is 18.4 Å². The van der Waals surface area contributed by atoms with Crippen molar-refractivity contribution in [3.8, 4) is 0 Å². The van der Waals surface area contributed by atoms with Crippen molar-refractivity contribution in [1.29, 1.82) is 0 Å². The minimum Gasteiger partial charge on any atom is -0.383 e. The summed E-state index contributed by atoms with van der Waals surface area (Å²) in [5.41, 5.74) is 0.646. The molecule has 0 spiro atoms. The number of benzene rings is 2. The number of methoxy groups -OCH3 is 1. The fourth-order valence-electron chi connectivity index (χ4n) is 2.80. The van der Waals surface area contributed by atoms with Crippen LogP contribution in [0.15, 0.2) is 52.4 Å². The highest BCUT2D eigenvalue weighted by atomic mass is 32.2. The smallest absolute Gasteiger partial charge is 0.279 e. The molecule has 3 rings (SSSR count). The molecule has 0 radical (unpaired) electrons. The van der Waals surface area contributed by atoms with Crippen LogP contribution >= 0.6 is 11.3 Å². The summed E-state index contributed by atoms with van der Waals surface area (Å²) in [5, 5.41) is 11.1. The summed E-state index contributed by atoms with van der Waals surface area (Å²) in [6, 6.07) is 10.2. The molecule has 0 fully saturated rings. The summed E-state index contributed by atoms with van der Waals surface area (Å²) in [6.07, 6.45) is 0. The highest BCUT2D eigenvalue weighted by molar-refractivity contribution is 7.91. The fraction of sp³-hybridized carbons (Fsp3) is 0.263. The molecule has 0 aliphatic rings. The Balaban J connectivity index is 2.12. The second-order valence-electron chi connectivity index (χ2n) is 6.29. The van der Waals surface area contributed by atoms with Gasteiger partial charge in [-0.1, -0.05) is 24.3 Å². The average molecular weight is 450 g/mol. The van der Waals surface area contributed by atoms with E-state index in [0.717, 1.165) is 4.70 Å². The van der Waals surface area contributed by atoms with Crippen molar-refractivity contribution in [3.63, 3.8) is 0 Å². The van der Waals surface area contributed by atoms with E-state index in [1.54, 1.807) is 10.6 Å². The Bertz CT molecular complexity index is 1290. The highest BCUT2D eigenvalue weighted by Gasteiger charge is 2.16. The van der Waals surface area contributed by atoms with Gasteiger partial charge in [-0.05, 0) is 24.3 Å². The number of nitro groups is 1. The maximum atomic E-state index is 12.8. The number of non-ortho nitro benzene ring substituents is 1. The van der Waals surface area contributed by atoms with E-state index in [0.29, 0.717) is 23.5 Å². The quantitative estimate of drug-likeness (QED) is 0.404. The first-order valence-corrected chi connectivity index (χ1v) is 11.4. The molecular formula is C19H19N3O6S2. The zero-order valence-corrected chi connectivity index (χ0v) is 17.9. The molecule has 30 heavy (non-hydrogen) atoms. The summed E-state index contributed by atoms with van der Waals surface area (Å²) in [7, 11) is -1.93. The second-order valence-corrected chi connectivity index (χ2v) is 9.57. The molecule has 0 aliphatic carbocycles. The molecule has 0 unspecified atom stereocenters. The van der Waals surface area contributed by atoms with Gasteiger partial charge in [-0.2, -0.15) is 4.99 Å². The van der Waals surface area contributed by atoms with E-state index in [4.69, 9.17) is 4.74 Å². The molecule has 0 atom stereocenters. The van der Waals surface area contributed by atoms with E-state index in [2.05, 4.69) is 4.99 Å². The number of hydrogen-bond acceptors (Lipinski definition) is 7. The van der Waals surface area contributed by atoms with Crippen LogP contribution in [-0.2, 0) is 21.1 Å². The van der Waals surface area contributed by atoms with Crippen LogP contribution < -0.4 is 4.80 Å². The first-order valence-electron chi connectivity index (χ1n) is 8.95. The van der Waals surface area contributed by atoms with Crippen LogP contribution in [0.25, 0.3) is 10.2 Å². The molecule has 0 bridgehead atoms. The Morgan fingerprint density at radius 2 is 2.03 bits per heavy atom. The number of carbonyl (C=O) groups excluding carboxylic acids is 1. The van der Waals surface area contributed by atoms with Gasteiger partial charge in [-0.25, -0.2) is 8.42 Å². The molecular weight excluding hydrogens is 430 g/mol. The van der Waals surface area contributed by atoms with Crippen molar-refractivity contribution in [2.75, 3.05) is 19.5 Å². The predicted molar refractivity (Wildman–Crippen MR) is 112 cm³/mol. The number of carbonyl (C=O) groups is 1. The standard InChI is InChI=1S/C19H19N3O6S2/c1-3-30(26,27)15-6-4-5-13(11-15)18(23)20-19-21(9-10-28-2)16-12-14(22(24)25)7-8-17(16)29-19/h4-8,11-12H,3,9-10H2,1-2H3. The lowest BCUT2D eigenvalue weighted by Crippen LogP contribution is -2.19. The topological polar surface area (TPSA) is 121 Å². The molecule has 0 saturated carbocycles. The van der Waals surface area contributed by atoms with Gasteiger partial charge in [0, 0.05) is 31.4 Å². The SMILES string of the molecule is CCS(=O)(=O)c1cccc(C(=O)N=c2sc3ccc([N+](=O)[O-])cc3n2CCOC)c1. The molecule has 1 aromatic heterocycles. The van der Waals surface area contributed by atoms with Gasteiger partial charge >= 0.3 is 0 Å². The van der Waals surface area contributed by atoms with Crippen molar-refractivity contribution >= 4 is 43.0 Å². The molecule has 0 N–H and O–H groups in total. The van der Waals surface area contributed by atoms with Crippen molar-refractivity contribution in [3.05, 3.63) is 62.9 Å². The number of aromatic nitrogens is 1. The monoisotopic (exact) mass is 449 g/mol. The number of fused-ring (bicyclic) bond motifs is 1. The summed E-state index contributed by atoms with van der Waals surface area (Å²) < 4.78 is 31.7. The molecule has 3 aromatic rings. The molecule has 158 valence electrons. The molecule has 0 aliphatic heterocycles. The molecule has 11 heteroatoms. The summed E-state index contributed by atoms with van der Waals surface area (Å²) in [5.74, 6) is -0.677. The average Bonchev–Trinajstić information content (AvgIpc) is 3.08. The third kappa shape index (κ3) is 4.48. The van der Waals surface area contributed by atoms with E-state index in [9.17, 15) is 23.3 Å². The number of thiazole rings is 1. The molecule has 1 heterocycles. The van der Waals surface area contributed by atoms with Gasteiger partial charge in [0.1, 0.15) is 0 Å². The Morgan fingerprint density at radius 3 is 2.70 bits per heavy atom. The molecule has 0 saturated heterocycles. The lowest BCUT2D eigenvalue weighted by Gasteiger charge is -2.05. The van der Waals surface area contributed by atoms with Gasteiger partial charge in [0.05, 0.1) is 32.4 Å². The summed E-state index contributed by atoms with van der Waals surface area (Å²) in [6.45, 7) is 2.19. The number of hydrogen-bond donors (Lipinski definition) is 0. The highest BCUT2D eigenvalue weighted by Crippen LogP contribution is 2.23. The minimum absolute atomic E-state index is 0.0604. The number of rotatable bonds is 7. The van der Waals surface area contributed by atoms with Crippen LogP contribution in [0, 0.1) is 10.1 Å². The van der Waals surface area contributed by atoms with Gasteiger partial charge in [0.15, 0.2) is 14.6 Å². The van der Waals surface area contributed by atoms with Crippen LogP contribution in [0.1, 0.15) is 17.3 Å². The lowest BCUT2D eigenvalue weighted by molar-refractivity contribution is -0.384. The van der Waals surface area contributed by atoms with Crippen LogP contribution in [0.2, 0.25) is 0 Å². The molecule has 9 nitrogen and oxygen atoms in total. The third-order valence-corrected chi connectivity index (χ3v) is 7.20. The molecule has 1 amide bonds. The summed E-state index contributed by atoms with van der Waals surface area (Å²) in [4.78, 5) is 28.0. The van der Waals surface area contributed by atoms with Gasteiger partial charge < -0.3 is 9.30 Å². The Morgan fingerprint density at radius 1 is 1.27 bits per heavy atom. The first kappa shape index (κ1) is 21.8. The van der Waals surface area contributed by atoms with Crippen LogP contribution in [-0.4, -0.2) is 43.3 Å². The van der Waals surface area contributed by atoms with Crippen molar-refractivity contribution < 1.29 is 22.9 Å². The van der Waals surface area contributed by atoms with Crippen LogP contribution in [0.4, 0.5) is 5.69 Å². The van der Waals surface area contributed by atoms with Gasteiger partial charge in [0.25, 0.3) is 11.6 Å². The normalized spacial score (nSPS) is 12.4. The van der Waals surface area contributed by atoms with Gasteiger partial charge in [0.2, 0.25) is 0 Å². The number of nitrogens with zero attached hydrogens (tertiary/aromatic N) is 3. The van der Waals surface area contributed by atoms with E-state index >= 15 is 0 Å². The Kier molecular flexibility index (Phi) is 6.44. The number of ether oxygens (including phenoxy) is 1. The zero-order chi connectivity index (χ0) is 21.9. The van der Waals surface area contributed by atoms with Crippen LogP contribution in [0.5, 0.6) is 0 Å². The van der Waals surface area contributed by atoms with Crippen LogP contribution in [0.3, 0.4) is 0 Å². The Hall–Kier alpha value is -2.89. The van der Waals surface area contributed by atoms with Crippen molar-refractivity contribution in [2.24, 2.45) is 4.99 Å². The first-order chi connectivity index (χ1) is 14.3. The van der Waals surface area contributed by atoms with Gasteiger partial charge in [-0.15, -0.1) is 0 Å². The van der Waals surface area contributed by atoms with Gasteiger partial charge in [-0.3, -0.25) is 14.9 Å². The molecule has 2 aromatic carbocycles. The maximum absolute atomic E-state index is 12.8. The zero-order valence-electron chi connectivity index (χ0n) is 16.3. The minimum atomic E-state index is -3.46. The van der Waals surface area contributed by atoms with E-state index in [-0.39, 0.29) is 21.9 Å². The summed E-state index contributed by atoms with van der Waals surface area (Å²) >= 11 is 1.21. The lowest BCUT2D eigenvalue weighted by atomic mass is 10.2. The Labute approximate surface area is 176 Å². The van der Waals surface area contributed by atoms with E-state index in [1.807, 2.05) is 0 Å². The largest absolute Gasteiger partial charge is 0.383 e. The van der Waals surface area contributed by atoms with E-state index in [1.165, 1.54) is 61.8 Å². The predicted octanol–water partition coefficient (Wildman–Crippen LogP) is 2.79. The fourth-order valence-corrected chi connectivity index (χ4v) is 4.76. The van der Waals surface area contributed by atoms with Crippen molar-refractivity contribution in [1.82, 2.24) is 4.57 Å². The number of amides is 1. The second kappa shape index (κ2) is 8.86. The third-order valence-electron chi connectivity index (χ3n) is 4.41. The number of sulfone groups is 1. The number of nitro benzene ring substituents is 1.